The van der Waals surface area contributed by atoms with Crippen molar-refractivity contribution in [2.45, 2.75) is 62.3 Å². The first kappa shape index (κ1) is 21.7. The van der Waals surface area contributed by atoms with Crippen LogP contribution in [0.15, 0.2) is 0 Å². The van der Waals surface area contributed by atoms with E-state index in [4.69, 9.17) is 0 Å². The third-order valence-corrected chi connectivity index (χ3v) is 8.37. The maximum atomic E-state index is 12.6. The highest BCUT2D eigenvalue weighted by molar-refractivity contribution is 8.00. The Morgan fingerprint density at radius 2 is 1.63 bits per heavy atom. The first-order valence-corrected chi connectivity index (χ1v) is 12.6. The number of nitrogens with zero attached hydrogens (tertiary/aromatic N) is 3. The summed E-state index contributed by atoms with van der Waals surface area (Å²) in [4.78, 5) is 42.6. The van der Waals surface area contributed by atoms with Crippen LogP contribution in [0.2, 0.25) is 0 Å². The Balaban J connectivity index is 1.09. The maximum Gasteiger partial charge on any atom is 0.315 e. The molecule has 4 amide bonds. The second-order valence-corrected chi connectivity index (χ2v) is 10.2. The van der Waals surface area contributed by atoms with Crippen molar-refractivity contribution >= 4 is 29.6 Å². The van der Waals surface area contributed by atoms with Gasteiger partial charge in [0.15, 0.2) is 0 Å². The molecule has 0 saturated carbocycles. The third kappa shape index (κ3) is 5.41. The Hall–Kier alpha value is -1.48. The number of carbonyl (C=O) groups excluding carboxylic acids is 3. The molecule has 3 atom stereocenters. The highest BCUT2D eigenvalue weighted by atomic mass is 32.2. The lowest BCUT2D eigenvalue weighted by Gasteiger charge is -2.36. The van der Waals surface area contributed by atoms with Gasteiger partial charge in [0.05, 0.1) is 18.6 Å². The quantitative estimate of drug-likeness (QED) is 0.456. The SMILES string of the molecule is O=C1NC2CSC(CCCCC(=O)N3CCN(CC(=O)N4CCCCC4)CC3)C2N1. The predicted octanol–water partition coefficient (Wildman–Crippen LogP) is 0.869. The Morgan fingerprint density at radius 3 is 2.40 bits per heavy atom. The van der Waals surface area contributed by atoms with E-state index < -0.39 is 0 Å². The van der Waals surface area contributed by atoms with Crippen LogP contribution < -0.4 is 10.6 Å². The second kappa shape index (κ2) is 10.2. The minimum Gasteiger partial charge on any atom is -0.342 e. The summed E-state index contributed by atoms with van der Waals surface area (Å²) in [6.45, 7) is 5.34. The van der Waals surface area contributed by atoms with Gasteiger partial charge < -0.3 is 20.4 Å². The molecular formula is C21H35N5O3S. The Labute approximate surface area is 183 Å². The van der Waals surface area contributed by atoms with Crippen molar-refractivity contribution in [2.24, 2.45) is 0 Å². The molecule has 4 aliphatic rings. The number of rotatable bonds is 7. The maximum absolute atomic E-state index is 12.6. The first-order valence-electron chi connectivity index (χ1n) is 11.6. The number of hydrogen-bond acceptors (Lipinski definition) is 5. The van der Waals surface area contributed by atoms with Gasteiger partial charge in [0, 0.05) is 56.7 Å². The zero-order valence-electron chi connectivity index (χ0n) is 17.8. The van der Waals surface area contributed by atoms with Crippen LogP contribution in [0.4, 0.5) is 4.79 Å². The number of carbonyl (C=O) groups is 3. The van der Waals surface area contributed by atoms with Crippen LogP contribution in [0.1, 0.15) is 44.9 Å². The number of thioether (sulfide) groups is 1. The van der Waals surface area contributed by atoms with Gasteiger partial charge in [-0.15, -0.1) is 0 Å². The number of likely N-dealkylation sites (tertiary alicyclic amines) is 1. The smallest absolute Gasteiger partial charge is 0.315 e. The summed E-state index contributed by atoms with van der Waals surface area (Å²) < 4.78 is 0. The molecule has 0 aliphatic carbocycles. The summed E-state index contributed by atoms with van der Waals surface area (Å²) in [6, 6.07) is 0.480. The summed E-state index contributed by atoms with van der Waals surface area (Å²) in [5.74, 6) is 1.47. The van der Waals surface area contributed by atoms with E-state index in [2.05, 4.69) is 15.5 Å². The molecule has 4 aliphatic heterocycles. The van der Waals surface area contributed by atoms with Crippen molar-refractivity contribution in [3.05, 3.63) is 0 Å². The largest absolute Gasteiger partial charge is 0.342 e. The van der Waals surface area contributed by atoms with Gasteiger partial charge >= 0.3 is 6.03 Å². The van der Waals surface area contributed by atoms with E-state index in [1.165, 1.54) is 6.42 Å². The van der Waals surface area contributed by atoms with Gasteiger partial charge in [-0.05, 0) is 32.1 Å². The molecule has 168 valence electrons. The van der Waals surface area contributed by atoms with Gasteiger partial charge in [-0.1, -0.05) is 6.42 Å². The number of fused-ring (bicyclic) bond motifs is 1. The van der Waals surface area contributed by atoms with Crippen LogP contribution in [-0.2, 0) is 9.59 Å². The molecule has 0 spiro atoms. The molecule has 0 bridgehead atoms. The standard InChI is InChI=1S/C21H35N5O3S/c27-18(7-3-2-6-17-20-16(15-30-17)22-21(29)23-20)26-12-10-24(11-13-26)14-19(28)25-8-4-1-5-9-25/h16-17,20H,1-15H2,(H2,22,23,29). The second-order valence-electron chi connectivity index (χ2n) is 8.97. The number of nitrogens with one attached hydrogen (secondary N) is 2. The lowest BCUT2D eigenvalue weighted by Crippen LogP contribution is -2.52. The van der Waals surface area contributed by atoms with Crippen LogP contribution in [0.25, 0.3) is 0 Å². The normalized spacial score (nSPS) is 29.5. The zero-order valence-corrected chi connectivity index (χ0v) is 18.6. The molecule has 4 fully saturated rings. The van der Waals surface area contributed by atoms with E-state index in [0.29, 0.717) is 18.2 Å². The molecular weight excluding hydrogens is 402 g/mol. The van der Waals surface area contributed by atoms with E-state index in [0.717, 1.165) is 77.1 Å². The fourth-order valence-electron chi connectivity index (χ4n) is 5.01. The molecule has 9 heteroatoms. The highest BCUT2D eigenvalue weighted by Crippen LogP contribution is 2.33. The van der Waals surface area contributed by atoms with Gasteiger partial charge in [-0.3, -0.25) is 14.5 Å². The minimum absolute atomic E-state index is 0.0396. The molecule has 8 nitrogen and oxygen atoms in total. The van der Waals surface area contributed by atoms with Gasteiger partial charge in [0.1, 0.15) is 0 Å². The molecule has 2 N–H and O–H groups in total. The van der Waals surface area contributed by atoms with Gasteiger partial charge in [-0.25, -0.2) is 4.79 Å². The fraction of sp³-hybridized carbons (Fsp3) is 0.857. The predicted molar refractivity (Wildman–Crippen MR) is 117 cm³/mol. The number of amides is 4. The molecule has 4 saturated heterocycles. The van der Waals surface area contributed by atoms with Crippen LogP contribution in [0.5, 0.6) is 0 Å². The number of piperidine rings is 1. The zero-order chi connectivity index (χ0) is 20.9. The van der Waals surface area contributed by atoms with Gasteiger partial charge in [0.25, 0.3) is 0 Å². The number of piperazine rings is 1. The van der Waals surface area contributed by atoms with Crippen molar-refractivity contribution in [3.63, 3.8) is 0 Å². The molecule has 4 rings (SSSR count). The summed E-state index contributed by atoms with van der Waals surface area (Å²) in [5.41, 5.74) is 0. The average molecular weight is 438 g/mol. The number of urea groups is 1. The monoisotopic (exact) mass is 437 g/mol. The molecule has 0 aromatic carbocycles. The van der Waals surface area contributed by atoms with Crippen molar-refractivity contribution in [1.82, 2.24) is 25.3 Å². The van der Waals surface area contributed by atoms with Gasteiger partial charge in [-0.2, -0.15) is 11.8 Å². The summed E-state index contributed by atoms with van der Waals surface area (Å²) in [5, 5.41) is 6.46. The Kier molecular flexibility index (Phi) is 7.41. The number of hydrogen-bond donors (Lipinski definition) is 2. The van der Waals surface area contributed by atoms with Crippen molar-refractivity contribution < 1.29 is 14.4 Å². The highest BCUT2D eigenvalue weighted by Gasteiger charge is 2.42. The van der Waals surface area contributed by atoms with Crippen LogP contribution in [0, 0.1) is 0 Å². The van der Waals surface area contributed by atoms with Crippen LogP contribution >= 0.6 is 11.8 Å². The fourth-order valence-corrected chi connectivity index (χ4v) is 6.56. The molecule has 4 heterocycles. The van der Waals surface area contributed by atoms with Crippen molar-refractivity contribution in [3.8, 4) is 0 Å². The van der Waals surface area contributed by atoms with E-state index in [1.54, 1.807) is 0 Å². The summed E-state index contributed by atoms with van der Waals surface area (Å²) in [7, 11) is 0. The molecule has 0 radical (unpaired) electrons. The van der Waals surface area contributed by atoms with Crippen molar-refractivity contribution in [1.29, 1.82) is 0 Å². The Morgan fingerprint density at radius 1 is 0.900 bits per heavy atom. The minimum atomic E-state index is -0.0396. The van der Waals surface area contributed by atoms with Gasteiger partial charge in [0.2, 0.25) is 11.8 Å². The Bertz CT molecular complexity index is 634. The van der Waals surface area contributed by atoms with Crippen LogP contribution in [0.3, 0.4) is 0 Å². The lowest BCUT2D eigenvalue weighted by molar-refractivity contribution is -0.135. The van der Waals surface area contributed by atoms with Crippen LogP contribution in [-0.4, -0.2) is 101 Å². The molecule has 3 unspecified atom stereocenters. The first-order chi connectivity index (χ1) is 14.6. The lowest BCUT2D eigenvalue weighted by atomic mass is 10.0. The summed E-state index contributed by atoms with van der Waals surface area (Å²) >= 11 is 1.93. The number of unbranched alkanes of at least 4 members (excludes halogenated alkanes) is 1. The van der Waals surface area contributed by atoms with E-state index in [9.17, 15) is 14.4 Å². The molecule has 0 aromatic heterocycles. The van der Waals surface area contributed by atoms with E-state index in [1.807, 2.05) is 21.6 Å². The average Bonchev–Trinajstić information content (AvgIpc) is 3.31. The van der Waals surface area contributed by atoms with E-state index >= 15 is 0 Å². The van der Waals surface area contributed by atoms with E-state index in [-0.39, 0.29) is 29.9 Å². The molecule has 0 aromatic rings. The topological polar surface area (TPSA) is 85.0 Å². The third-order valence-electron chi connectivity index (χ3n) is 6.86. The summed E-state index contributed by atoms with van der Waals surface area (Å²) in [6.07, 6.45) is 7.06. The van der Waals surface area contributed by atoms with Crippen molar-refractivity contribution in [2.75, 3.05) is 51.6 Å². The molecule has 30 heavy (non-hydrogen) atoms.